The third kappa shape index (κ3) is 4.09. The molecule has 5 nitrogen and oxygen atoms in total. The van der Waals surface area contributed by atoms with Gasteiger partial charge in [-0.1, -0.05) is 25.9 Å². The molecular formula is C12H23N3O2. The Morgan fingerprint density at radius 3 is 2.47 bits per heavy atom. The minimum Gasteiger partial charge on any atom is -0.383 e. The minimum absolute atomic E-state index is 0.0312. The minimum atomic E-state index is -0.0837. The molecule has 2 unspecified atom stereocenters. The van der Waals surface area contributed by atoms with Crippen molar-refractivity contribution in [3.05, 3.63) is 11.7 Å². The molecule has 5 heteroatoms. The van der Waals surface area contributed by atoms with Crippen LogP contribution in [0.2, 0.25) is 0 Å². The summed E-state index contributed by atoms with van der Waals surface area (Å²) in [5, 5.41) is 7.35. The van der Waals surface area contributed by atoms with E-state index in [-0.39, 0.29) is 17.5 Å². The fourth-order valence-corrected chi connectivity index (χ4v) is 1.51. The molecule has 0 aromatic carbocycles. The first-order valence-corrected chi connectivity index (χ1v) is 5.93. The molecule has 1 heterocycles. The Hall–Kier alpha value is -0.940. The van der Waals surface area contributed by atoms with Crippen molar-refractivity contribution in [2.24, 2.45) is 0 Å². The molecule has 0 amide bonds. The zero-order chi connectivity index (χ0) is 13.1. The Balaban J connectivity index is 2.64. The molecule has 0 aliphatic rings. The number of rotatable bonds is 5. The topological polar surface area (TPSA) is 60.2 Å². The Morgan fingerprint density at radius 1 is 1.35 bits per heavy atom. The summed E-state index contributed by atoms with van der Waals surface area (Å²) in [7, 11) is 1.69. The SMILES string of the molecule is COCC(C)NC(C)c1nc(C(C)(C)C)no1. The summed E-state index contributed by atoms with van der Waals surface area (Å²) in [5.41, 5.74) is -0.0837. The van der Waals surface area contributed by atoms with E-state index in [4.69, 9.17) is 9.26 Å². The molecule has 0 aliphatic carbocycles. The van der Waals surface area contributed by atoms with E-state index in [9.17, 15) is 0 Å². The van der Waals surface area contributed by atoms with Crippen LogP contribution < -0.4 is 5.32 Å². The monoisotopic (exact) mass is 241 g/mol. The number of ether oxygens (including phenoxy) is 1. The maximum atomic E-state index is 5.27. The Labute approximate surface area is 103 Å². The van der Waals surface area contributed by atoms with Gasteiger partial charge in [-0.05, 0) is 13.8 Å². The predicted octanol–water partition coefficient (Wildman–Crippen LogP) is 2.05. The highest BCUT2D eigenvalue weighted by atomic mass is 16.5. The lowest BCUT2D eigenvalue weighted by atomic mass is 9.96. The molecule has 17 heavy (non-hydrogen) atoms. The van der Waals surface area contributed by atoms with Crippen molar-refractivity contribution in [1.29, 1.82) is 0 Å². The molecule has 1 aromatic rings. The summed E-state index contributed by atoms with van der Waals surface area (Å²) in [6.07, 6.45) is 0. The van der Waals surface area contributed by atoms with Gasteiger partial charge in [-0.3, -0.25) is 0 Å². The third-order valence-corrected chi connectivity index (χ3v) is 2.43. The largest absolute Gasteiger partial charge is 0.383 e. The van der Waals surface area contributed by atoms with Gasteiger partial charge in [-0.2, -0.15) is 4.98 Å². The number of nitrogens with zero attached hydrogens (tertiary/aromatic N) is 2. The molecule has 1 N–H and O–H groups in total. The number of aromatic nitrogens is 2. The van der Waals surface area contributed by atoms with Crippen LogP contribution in [0, 0.1) is 0 Å². The molecule has 1 rings (SSSR count). The summed E-state index contributed by atoms with van der Waals surface area (Å²) in [6, 6.07) is 0.281. The van der Waals surface area contributed by atoms with Crippen LogP contribution in [-0.2, 0) is 10.2 Å². The van der Waals surface area contributed by atoms with Gasteiger partial charge in [0.25, 0.3) is 0 Å². The Morgan fingerprint density at radius 2 is 2.00 bits per heavy atom. The number of hydrogen-bond acceptors (Lipinski definition) is 5. The zero-order valence-electron chi connectivity index (χ0n) is 11.6. The first-order valence-electron chi connectivity index (χ1n) is 5.93. The van der Waals surface area contributed by atoms with Gasteiger partial charge < -0.3 is 14.6 Å². The lowest BCUT2D eigenvalue weighted by Gasteiger charge is -2.16. The van der Waals surface area contributed by atoms with E-state index in [1.165, 1.54) is 0 Å². The fourth-order valence-electron chi connectivity index (χ4n) is 1.51. The molecule has 1 aromatic heterocycles. The van der Waals surface area contributed by atoms with Crippen LogP contribution in [0.25, 0.3) is 0 Å². The van der Waals surface area contributed by atoms with Crippen molar-refractivity contribution in [3.63, 3.8) is 0 Å². The second-order valence-electron chi connectivity index (χ2n) is 5.45. The highest BCUT2D eigenvalue weighted by Crippen LogP contribution is 2.20. The first-order chi connectivity index (χ1) is 7.84. The average Bonchev–Trinajstić information content (AvgIpc) is 2.65. The molecule has 0 bridgehead atoms. The molecule has 0 saturated heterocycles. The normalized spacial score (nSPS) is 15.9. The standard InChI is InChI=1S/C12H23N3O2/c1-8(7-16-6)13-9(2)10-14-11(15-17-10)12(3,4)5/h8-9,13H,7H2,1-6H3. The van der Waals surface area contributed by atoms with Gasteiger partial charge in [-0.15, -0.1) is 0 Å². The van der Waals surface area contributed by atoms with Crippen LogP contribution in [0.15, 0.2) is 4.52 Å². The quantitative estimate of drug-likeness (QED) is 0.855. The average molecular weight is 241 g/mol. The van der Waals surface area contributed by atoms with E-state index in [0.29, 0.717) is 12.5 Å². The fraction of sp³-hybridized carbons (Fsp3) is 0.833. The Kier molecular flexibility index (Phi) is 4.65. The van der Waals surface area contributed by atoms with Crippen molar-refractivity contribution >= 4 is 0 Å². The number of nitrogens with one attached hydrogen (secondary N) is 1. The van der Waals surface area contributed by atoms with Crippen LogP contribution in [0.4, 0.5) is 0 Å². The van der Waals surface area contributed by atoms with E-state index < -0.39 is 0 Å². The van der Waals surface area contributed by atoms with E-state index in [1.54, 1.807) is 7.11 Å². The van der Waals surface area contributed by atoms with Crippen molar-refractivity contribution in [2.75, 3.05) is 13.7 Å². The summed E-state index contributed by atoms with van der Waals surface area (Å²) >= 11 is 0. The van der Waals surface area contributed by atoms with Gasteiger partial charge in [0, 0.05) is 18.6 Å². The van der Waals surface area contributed by atoms with Crippen LogP contribution in [0.1, 0.15) is 52.4 Å². The maximum absolute atomic E-state index is 5.27. The second-order valence-corrected chi connectivity index (χ2v) is 5.45. The molecule has 0 spiro atoms. The number of hydrogen-bond donors (Lipinski definition) is 1. The number of methoxy groups -OCH3 is 1. The lowest BCUT2D eigenvalue weighted by molar-refractivity contribution is 0.164. The zero-order valence-corrected chi connectivity index (χ0v) is 11.6. The molecular weight excluding hydrogens is 218 g/mol. The summed E-state index contributed by atoms with van der Waals surface area (Å²) < 4.78 is 10.3. The predicted molar refractivity (Wildman–Crippen MR) is 65.9 cm³/mol. The smallest absolute Gasteiger partial charge is 0.243 e. The van der Waals surface area contributed by atoms with E-state index in [1.807, 2.05) is 6.92 Å². The van der Waals surface area contributed by atoms with Crippen LogP contribution in [0.5, 0.6) is 0 Å². The van der Waals surface area contributed by atoms with E-state index in [2.05, 4.69) is 43.2 Å². The van der Waals surface area contributed by atoms with Gasteiger partial charge in [0.05, 0.1) is 12.6 Å². The first kappa shape index (κ1) is 14.1. The van der Waals surface area contributed by atoms with Crippen LogP contribution in [0.3, 0.4) is 0 Å². The van der Waals surface area contributed by atoms with Gasteiger partial charge >= 0.3 is 0 Å². The Bertz CT molecular complexity index is 344. The summed E-state index contributed by atoms with van der Waals surface area (Å²) in [5.74, 6) is 1.36. The third-order valence-electron chi connectivity index (χ3n) is 2.43. The molecule has 0 fully saturated rings. The highest BCUT2D eigenvalue weighted by molar-refractivity contribution is 5.01. The highest BCUT2D eigenvalue weighted by Gasteiger charge is 2.23. The maximum Gasteiger partial charge on any atom is 0.243 e. The van der Waals surface area contributed by atoms with Gasteiger partial charge in [0.2, 0.25) is 5.89 Å². The van der Waals surface area contributed by atoms with E-state index >= 15 is 0 Å². The summed E-state index contributed by atoms with van der Waals surface area (Å²) in [6.45, 7) is 10.9. The molecule has 0 saturated carbocycles. The summed E-state index contributed by atoms with van der Waals surface area (Å²) in [4.78, 5) is 4.41. The van der Waals surface area contributed by atoms with Gasteiger partial charge in [0.15, 0.2) is 5.82 Å². The van der Waals surface area contributed by atoms with Crippen molar-refractivity contribution in [3.8, 4) is 0 Å². The van der Waals surface area contributed by atoms with E-state index in [0.717, 1.165) is 5.82 Å². The van der Waals surface area contributed by atoms with Gasteiger partial charge in [0.1, 0.15) is 0 Å². The molecule has 0 aliphatic heterocycles. The van der Waals surface area contributed by atoms with Gasteiger partial charge in [-0.25, -0.2) is 0 Å². The second kappa shape index (κ2) is 5.60. The van der Waals surface area contributed by atoms with Crippen molar-refractivity contribution in [1.82, 2.24) is 15.5 Å². The van der Waals surface area contributed by atoms with Crippen LogP contribution >= 0.6 is 0 Å². The lowest BCUT2D eigenvalue weighted by Crippen LogP contribution is -2.32. The molecule has 2 atom stereocenters. The van der Waals surface area contributed by atoms with Crippen LogP contribution in [-0.4, -0.2) is 29.9 Å². The molecule has 98 valence electrons. The van der Waals surface area contributed by atoms with Crippen molar-refractivity contribution in [2.45, 2.75) is 52.1 Å². The van der Waals surface area contributed by atoms with Crippen molar-refractivity contribution < 1.29 is 9.26 Å². The molecule has 0 radical (unpaired) electrons.